The lowest BCUT2D eigenvalue weighted by molar-refractivity contribution is -0.126. The minimum absolute atomic E-state index is 0.0162. The first-order valence-electron chi connectivity index (χ1n) is 22.1. The second kappa shape index (κ2) is 17.5. The van der Waals surface area contributed by atoms with Crippen LogP contribution < -0.4 is 0 Å². The van der Waals surface area contributed by atoms with E-state index in [0.717, 1.165) is 83.7 Å². The molecule has 4 atom stereocenters. The molecule has 0 amide bonds. The molecule has 1 aliphatic heterocycles. The molecular formula is C50H53F2N5O4S2. The number of thioether (sulfide) groups is 1. The standard InChI is InChI=1S/C26H25FN2OS.C24H28FN3O3S/c1-18(30)26-14-20-16-28-29(23-10-8-22(27)9-11-23)25(20)13-21(26)7-12-24(15-26)31-17-19-5-3-2-4-6-19;1-17(29)24-14-18-16-26-28(21-8-6-20(25)7-9-21)23(18)13-19(24)5-10-22(15-24)32(30,31)27-11-3-2-4-12-27/h2-6,8-11,13,16,24H,7,12,14-15,17H2,1H3;6-9,13,16,22H,2-5,10-12,14-15H2,1H3/t24-,26+;22-,24+/m00/s1. The second-order valence-electron chi connectivity index (χ2n) is 17.9. The molecule has 0 N–H and O–H groups in total. The van der Waals surface area contributed by atoms with Gasteiger partial charge in [-0.25, -0.2) is 30.9 Å². The number of hydrogen-bond donors (Lipinski definition) is 0. The van der Waals surface area contributed by atoms with Crippen LogP contribution in [0.5, 0.6) is 0 Å². The summed E-state index contributed by atoms with van der Waals surface area (Å²) >= 11 is 1.97. The second-order valence-corrected chi connectivity index (χ2v) is 21.4. The molecule has 0 bridgehead atoms. The summed E-state index contributed by atoms with van der Waals surface area (Å²) in [5, 5.41) is 9.01. The van der Waals surface area contributed by atoms with Crippen molar-refractivity contribution >= 4 is 45.5 Å². The first-order valence-corrected chi connectivity index (χ1v) is 24.7. The number of aromatic nitrogens is 4. The molecule has 3 aromatic carbocycles. The molecule has 10 rings (SSSR count). The summed E-state index contributed by atoms with van der Waals surface area (Å²) in [6, 6.07) is 23.1. The maximum absolute atomic E-state index is 13.4. The zero-order valence-electron chi connectivity index (χ0n) is 35.8. The van der Waals surface area contributed by atoms with Gasteiger partial charge in [0.1, 0.15) is 23.2 Å². The highest BCUT2D eigenvalue weighted by Crippen LogP contribution is 2.52. The average Bonchev–Trinajstić information content (AvgIpc) is 3.90. The van der Waals surface area contributed by atoms with Gasteiger partial charge in [0.25, 0.3) is 0 Å². The van der Waals surface area contributed by atoms with Crippen molar-refractivity contribution in [1.82, 2.24) is 23.9 Å². The molecular weight excluding hydrogens is 837 g/mol. The molecule has 0 radical (unpaired) electrons. The van der Waals surface area contributed by atoms with Crippen LogP contribution in [0.15, 0.2) is 102 Å². The number of fused-ring (bicyclic) bond motifs is 4. The van der Waals surface area contributed by atoms with E-state index >= 15 is 0 Å². The molecule has 2 aromatic heterocycles. The minimum atomic E-state index is -3.43. The molecule has 0 spiro atoms. The molecule has 5 aliphatic rings. The highest BCUT2D eigenvalue weighted by atomic mass is 32.2. The van der Waals surface area contributed by atoms with E-state index in [1.807, 2.05) is 34.8 Å². The van der Waals surface area contributed by atoms with E-state index in [2.05, 4.69) is 40.5 Å². The van der Waals surface area contributed by atoms with Gasteiger partial charge in [-0.1, -0.05) is 47.9 Å². The Balaban J connectivity index is 0.000000160. The molecule has 0 unspecified atom stereocenters. The number of ketones is 2. The summed E-state index contributed by atoms with van der Waals surface area (Å²) < 4.78 is 58.8. The summed E-state index contributed by atoms with van der Waals surface area (Å²) in [4.78, 5) is 26.0. The number of carbonyl (C=O) groups is 2. The fourth-order valence-electron chi connectivity index (χ4n) is 10.6. The molecule has 2 saturated carbocycles. The average molecular weight is 890 g/mol. The van der Waals surface area contributed by atoms with E-state index in [0.29, 0.717) is 50.4 Å². The summed E-state index contributed by atoms with van der Waals surface area (Å²) in [6.45, 7) is 4.50. The van der Waals surface area contributed by atoms with Crippen molar-refractivity contribution in [2.45, 2.75) is 101 Å². The van der Waals surface area contributed by atoms with Gasteiger partial charge in [-0.15, -0.1) is 0 Å². The monoisotopic (exact) mass is 889 g/mol. The van der Waals surface area contributed by atoms with Crippen molar-refractivity contribution in [2.75, 3.05) is 13.1 Å². The molecule has 3 heterocycles. The number of allylic oxidation sites excluding steroid dienone is 2. The smallest absolute Gasteiger partial charge is 0.217 e. The summed E-state index contributed by atoms with van der Waals surface area (Å²) in [6.07, 6.45) is 16.2. The van der Waals surface area contributed by atoms with Gasteiger partial charge in [0.15, 0.2) is 0 Å². The van der Waals surface area contributed by atoms with Gasteiger partial charge in [-0.2, -0.15) is 22.0 Å². The number of rotatable bonds is 9. The van der Waals surface area contributed by atoms with E-state index in [-0.39, 0.29) is 23.2 Å². The number of halogens is 2. The van der Waals surface area contributed by atoms with E-state index in [1.54, 1.807) is 53.3 Å². The number of piperidine rings is 1. The van der Waals surface area contributed by atoms with Crippen LogP contribution in [0.2, 0.25) is 0 Å². The number of benzene rings is 3. The largest absolute Gasteiger partial charge is 0.299 e. The summed E-state index contributed by atoms with van der Waals surface area (Å²) in [5.41, 5.74) is 7.85. The molecule has 3 fully saturated rings. The minimum Gasteiger partial charge on any atom is -0.299 e. The van der Waals surface area contributed by atoms with Crippen molar-refractivity contribution < 1.29 is 26.8 Å². The SMILES string of the molecule is CC(=O)[C@]12Cc3cnn(-c4ccc(F)cc4)c3C=C1CC[C@H](S(=O)(=O)N1CCCCC1)C2.CC(=O)[C@]12Cc3cnn(-c4ccc(F)cc4)c3C=C1CC[C@H](SCc1ccccc1)C2. The van der Waals surface area contributed by atoms with Gasteiger partial charge in [0.05, 0.1) is 51.2 Å². The Morgan fingerprint density at radius 2 is 1.21 bits per heavy atom. The summed E-state index contributed by atoms with van der Waals surface area (Å²) in [5.74, 6) is 0.681. The van der Waals surface area contributed by atoms with Gasteiger partial charge in [0, 0.05) is 24.1 Å². The Morgan fingerprint density at radius 1 is 0.698 bits per heavy atom. The Kier molecular flexibility index (Phi) is 12.0. The molecule has 1 saturated heterocycles. The molecule has 13 heteroatoms. The maximum atomic E-state index is 13.4. The van der Waals surface area contributed by atoms with Crippen molar-refractivity contribution in [3.8, 4) is 11.4 Å². The van der Waals surface area contributed by atoms with Crippen LogP contribution in [0.4, 0.5) is 8.78 Å². The topological polar surface area (TPSA) is 107 Å². The van der Waals surface area contributed by atoms with Crippen LogP contribution in [0.25, 0.3) is 23.5 Å². The van der Waals surface area contributed by atoms with E-state index in [1.165, 1.54) is 35.4 Å². The van der Waals surface area contributed by atoms with Crippen LogP contribution in [0, 0.1) is 22.5 Å². The predicted molar refractivity (Wildman–Crippen MR) is 244 cm³/mol. The van der Waals surface area contributed by atoms with Crippen LogP contribution in [-0.2, 0) is 38.2 Å². The number of carbonyl (C=O) groups excluding carboxylic acids is 2. The van der Waals surface area contributed by atoms with E-state index < -0.39 is 26.1 Å². The van der Waals surface area contributed by atoms with Crippen molar-refractivity contribution in [3.63, 3.8) is 0 Å². The Morgan fingerprint density at radius 3 is 1.73 bits per heavy atom. The lowest BCUT2D eigenvalue weighted by Crippen LogP contribution is -2.49. The van der Waals surface area contributed by atoms with Crippen LogP contribution in [0.1, 0.15) is 99.7 Å². The van der Waals surface area contributed by atoms with Gasteiger partial charge in [0.2, 0.25) is 10.0 Å². The highest BCUT2D eigenvalue weighted by molar-refractivity contribution is 7.99. The Hall–Kier alpha value is -4.98. The van der Waals surface area contributed by atoms with E-state index in [9.17, 15) is 26.8 Å². The van der Waals surface area contributed by atoms with Crippen molar-refractivity contribution in [2.24, 2.45) is 10.8 Å². The molecule has 9 nitrogen and oxygen atoms in total. The van der Waals surface area contributed by atoms with Crippen LogP contribution >= 0.6 is 11.8 Å². The van der Waals surface area contributed by atoms with Crippen LogP contribution in [-0.4, -0.2) is 67.4 Å². The number of hydrogen-bond acceptors (Lipinski definition) is 7. The maximum Gasteiger partial charge on any atom is 0.217 e. The molecule has 4 aliphatic carbocycles. The van der Waals surface area contributed by atoms with Gasteiger partial charge < -0.3 is 0 Å². The number of Topliss-reactive ketones (excluding diaryl/α,β-unsaturated/α-hetero) is 2. The zero-order valence-corrected chi connectivity index (χ0v) is 37.4. The van der Waals surface area contributed by atoms with Crippen molar-refractivity contribution in [1.29, 1.82) is 0 Å². The number of nitrogens with zero attached hydrogens (tertiary/aromatic N) is 5. The van der Waals surface area contributed by atoms with Crippen LogP contribution in [0.3, 0.4) is 0 Å². The first kappa shape index (κ1) is 43.3. The quantitative estimate of drug-likeness (QED) is 0.145. The third kappa shape index (κ3) is 8.32. The third-order valence-electron chi connectivity index (χ3n) is 14.1. The Bertz CT molecular complexity index is 2690. The van der Waals surface area contributed by atoms with Gasteiger partial charge in [-0.05, 0) is 155 Å². The predicted octanol–water partition coefficient (Wildman–Crippen LogP) is 9.91. The first-order chi connectivity index (χ1) is 30.4. The lowest BCUT2D eigenvalue weighted by atomic mass is 9.62. The van der Waals surface area contributed by atoms with Crippen molar-refractivity contribution in [3.05, 3.63) is 142 Å². The summed E-state index contributed by atoms with van der Waals surface area (Å²) in [7, 11) is -3.43. The molecule has 63 heavy (non-hydrogen) atoms. The normalized spacial score (nSPS) is 24.3. The number of sulfonamides is 1. The fraction of sp³-hybridized carbons (Fsp3) is 0.400. The van der Waals surface area contributed by atoms with Gasteiger partial charge >= 0.3 is 0 Å². The fourth-order valence-corrected chi connectivity index (χ4v) is 14.0. The lowest BCUT2D eigenvalue weighted by Gasteiger charge is -2.44. The van der Waals surface area contributed by atoms with Gasteiger partial charge in [-0.3, -0.25) is 9.59 Å². The van der Waals surface area contributed by atoms with E-state index in [4.69, 9.17) is 0 Å². The zero-order chi connectivity index (χ0) is 43.9. The third-order valence-corrected chi connectivity index (χ3v) is 17.9. The highest BCUT2D eigenvalue weighted by Gasteiger charge is 2.51. The Labute approximate surface area is 372 Å². The molecule has 328 valence electrons. The molecule has 5 aromatic rings.